The molecule has 0 bridgehead atoms. The molecule has 0 radical (unpaired) electrons. The zero-order valence-electron chi connectivity index (χ0n) is 21.0. The van der Waals surface area contributed by atoms with Crippen molar-refractivity contribution in [3.05, 3.63) is 76.1 Å². The van der Waals surface area contributed by atoms with E-state index in [1.165, 1.54) is 11.8 Å². The third kappa shape index (κ3) is 7.55. The van der Waals surface area contributed by atoms with Gasteiger partial charge in [-0.25, -0.2) is 18.7 Å². The number of carboxylic acids is 1. The lowest BCUT2D eigenvalue weighted by atomic mass is 9.77. The lowest BCUT2D eigenvalue weighted by Crippen LogP contribution is -2.27. The Morgan fingerprint density at radius 2 is 1.87 bits per heavy atom. The summed E-state index contributed by atoms with van der Waals surface area (Å²) in [5, 5.41) is 19.0. The Kier molecular flexibility index (Phi) is 9.52. The minimum atomic E-state index is -3.39. The molecule has 0 atom stereocenters. The molecule has 1 aromatic heterocycles. The summed E-state index contributed by atoms with van der Waals surface area (Å²) in [6.07, 6.45) is 2.00. The van der Waals surface area contributed by atoms with Crippen molar-refractivity contribution in [3.63, 3.8) is 0 Å². The molecule has 1 N–H and O–H groups in total. The molecule has 0 aliphatic carbocycles. The van der Waals surface area contributed by atoms with Gasteiger partial charge in [-0.3, -0.25) is 4.79 Å². The fourth-order valence-corrected chi connectivity index (χ4v) is 4.22. The molecule has 3 rings (SSSR count). The maximum Gasteiger partial charge on any atom is 0.303 e. The highest BCUT2D eigenvalue weighted by molar-refractivity contribution is 7.98. The Bertz CT molecular complexity index is 1330. The summed E-state index contributed by atoms with van der Waals surface area (Å²) >= 11 is 7.81. The van der Waals surface area contributed by atoms with Crippen LogP contribution in [0, 0.1) is 11.3 Å². The summed E-state index contributed by atoms with van der Waals surface area (Å²) in [6.45, 7) is 3.09. The molecule has 3 aromatic rings. The number of hydrogen-bond donors (Lipinski definition) is 1. The highest BCUT2D eigenvalue weighted by atomic mass is 35.5. The third-order valence-corrected chi connectivity index (χ3v) is 6.70. The first-order valence-electron chi connectivity index (χ1n) is 11.5. The molecule has 0 spiro atoms. The SMILES string of the molecule is CSc1nccc(COc2ccc(C(C)(C)c3cc(Cl)c(OCC(F)(F)CCC(=O)O)c(C#N)c3)cc2)n1. The van der Waals surface area contributed by atoms with E-state index in [-0.39, 0.29) is 22.9 Å². The van der Waals surface area contributed by atoms with Gasteiger partial charge in [0.2, 0.25) is 0 Å². The number of hydrogen-bond acceptors (Lipinski definition) is 7. The van der Waals surface area contributed by atoms with E-state index in [9.17, 15) is 18.8 Å². The molecular weight excluding hydrogens is 536 g/mol. The van der Waals surface area contributed by atoms with Crippen LogP contribution in [0.25, 0.3) is 0 Å². The van der Waals surface area contributed by atoms with Gasteiger partial charge in [-0.15, -0.1) is 0 Å². The average molecular weight is 562 g/mol. The average Bonchev–Trinajstić information content (AvgIpc) is 2.90. The molecule has 0 saturated heterocycles. The van der Waals surface area contributed by atoms with Crippen molar-refractivity contribution in [2.45, 2.75) is 49.8 Å². The molecule has 200 valence electrons. The quantitative estimate of drug-likeness (QED) is 0.197. The van der Waals surface area contributed by atoms with Crippen LogP contribution < -0.4 is 9.47 Å². The number of benzene rings is 2. The maximum absolute atomic E-state index is 14.0. The maximum atomic E-state index is 14.0. The van der Waals surface area contributed by atoms with Gasteiger partial charge < -0.3 is 14.6 Å². The summed E-state index contributed by atoms with van der Waals surface area (Å²) < 4.78 is 39.1. The lowest BCUT2D eigenvalue weighted by Gasteiger charge is -2.27. The first kappa shape index (κ1) is 29.1. The van der Waals surface area contributed by atoms with Crippen LogP contribution in [0.4, 0.5) is 8.78 Å². The Hall–Kier alpha value is -3.42. The van der Waals surface area contributed by atoms with E-state index in [1.54, 1.807) is 24.4 Å². The molecule has 0 amide bonds. The van der Waals surface area contributed by atoms with E-state index in [0.717, 1.165) is 11.3 Å². The van der Waals surface area contributed by atoms with Crippen molar-refractivity contribution >= 4 is 29.3 Å². The van der Waals surface area contributed by atoms with Gasteiger partial charge in [-0.1, -0.05) is 49.3 Å². The second-order valence-corrected chi connectivity index (χ2v) is 10.1. The zero-order chi connectivity index (χ0) is 27.9. The van der Waals surface area contributed by atoms with Gasteiger partial charge in [-0.05, 0) is 47.7 Å². The Labute approximate surface area is 228 Å². The van der Waals surface area contributed by atoms with E-state index in [4.69, 9.17) is 26.2 Å². The van der Waals surface area contributed by atoms with Gasteiger partial charge in [0, 0.05) is 18.0 Å². The van der Waals surface area contributed by atoms with Crippen molar-refractivity contribution < 1.29 is 28.2 Å². The largest absolute Gasteiger partial charge is 0.487 e. The smallest absolute Gasteiger partial charge is 0.303 e. The monoisotopic (exact) mass is 561 g/mol. The molecular formula is C27H26ClF2N3O4S. The molecule has 7 nitrogen and oxygen atoms in total. The van der Waals surface area contributed by atoms with Gasteiger partial charge in [0.1, 0.15) is 18.4 Å². The predicted octanol–water partition coefficient (Wildman–Crippen LogP) is 6.51. The van der Waals surface area contributed by atoms with E-state index >= 15 is 0 Å². The summed E-state index contributed by atoms with van der Waals surface area (Å²) in [5.74, 6) is -4.23. The second kappa shape index (κ2) is 12.4. The highest BCUT2D eigenvalue weighted by Gasteiger charge is 2.32. The number of carbonyl (C=O) groups is 1. The van der Waals surface area contributed by atoms with Crippen LogP contribution in [0.1, 0.15) is 49.1 Å². The van der Waals surface area contributed by atoms with Gasteiger partial charge in [0.05, 0.1) is 22.7 Å². The molecule has 38 heavy (non-hydrogen) atoms. The van der Waals surface area contributed by atoms with E-state index < -0.39 is 36.8 Å². The number of alkyl halides is 2. The Balaban J connectivity index is 1.74. The number of nitrogens with zero attached hydrogens (tertiary/aromatic N) is 3. The Morgan fingerprint density at radius 3 is 2.50 bits per heavy atom. The van der Waals surface area contributed by atoms with Gasteiger partial charge >= 0.3 is 5.97 Å². The predicted molar refractivity (Wildman–Crippen MR) is 140 cm³/mol. The molecule has 0 fully saturated rings. The molecule has 0 saturated carbocycles. The van der Waals surface area contributed by atoms with Crippen LogP contribution in [-0.4, -0.2) is 39.8 Å². The minimum Gasteiger partial charge on any atom is -0.487 e. The number of thioether (sulfide) groups is 1. The van der Waals surface area contributed by atoms with Crippen LogP contribution in [0.5, 0.6) is 11.5 Å². The van der Waals surface area contributed by atoms with Crippen molar-refractivity contribution in [1.82, 2.24) is 9.97 Å². The lowest BCUT2D eigenvalue weighted by molar-refractivity contribution is -0.139. The normalized spacial score (nSPS) is 11.6. The van der Waals surface area contributed by atoms with E-state index in [1.807, 2.05) is 50.4 Å². The van der Waals surface area contributed by atoms with Crippen molar-refractivity contribution in [3.8, 4) is 17.6 Å². The fraction of sp³-hybridized carbons (Fsp3) is 0.333. The number of aromatic nitrogens is 2. The number of nitriles is 1. The number of carboxylic acid groups (broad SMARTS) is 1. The summed E-state index contributed by atoms with van der Waals surface area (Å²) in [7, 11) is 0. The topological polar surface area (TPSA) is 105 Å². The third-order valence-electron chi connectivity index (χ3n) is 5.85. The van der Waals surface area contributed by atoms with Crippen LogP contribution in [-0.2, 0) is 16.8 Å². The van der Waals surface area contributed by atoms with Crippen LogP contribution >= 0.6 is 23.4 Å². The van der Waals surface area contributed by atoms with Gasteiger partial charge in [0.15, 0.2) is 17.5 Å². The molecule has 0 unspecified atom stereocenters. The highest BCUT2D eigenvalue weighted by Crippen LogP contribution is 2.39. The second-order valence-electron chi connectivity index (χ2n) is 8.96. The number of ether oxygens (including phenoxy) is 2. The number of aliphatic carboxylic acids is 1. The zero-order valence-corrected chi connectivity index (χ0v) is 22.6. The first-order chi connectivity index (χ1) is 17.9. The molecule has 2 aromatic carbocycles. The summed E-state index contributed by atoms with van der Waals surface area (Å²) in [6, 6.07) is 14.3. The van der Waals surface area contributed by atoms with E-state index in [0.29, 0.717) is 16.5 Å². The molecule has 0 aliphatic rings. The Morgan fingerprint density at radius 1 is 1.16 bits per heavy atom. The molecule has 1 heterocycles. The number of halogens is 3. The van der Waals surface area contributed by atoms with Gasteiger partial charge in [0.25, 0.3) is 5.92 Å². The van der Waals surface area contributed by atoms with E-state index in [2.05, 4.69) is 9.97 Å². The van der Waals surface area contributed by atoms with Crippen LogP contribution in [0.3, 0.4) is 0 Å². The summed E-state index contributed by atoms with van der Waals surface area (Å²) in [5.41, 5.74) is 1.75. The van der Waals surface area contributed by atoms with Crippen LogP contribution in [0.15, 0.2) is 53.8 Å². The van der Waals surface area contributed by atoms with Crippen molar-refractivity contribution in [1.29, 1.82) is 5.26 Å². The molecule has 11 heteroatoms. The first-order valence-corrected chi connectivity index (χ1v) is 13.1. The number of rotatable bonds is 12. The molecule has 0 aliphatic heterocycles. The fourth-order valence-electron chi connectivity index (χ4n) is 3.57. The standard InChI is InChI=1S/C27H26ClF2N3O4S/c1-26(2,18-4-6-21(7-5-18)36-15-20-9-11-32-25(33-20)38-3)19-12-17(14-31)24(22(28)13-19)37-16-27(29,30)10-8-23(34)35/h4-7,9,11-13H,8,10,15-16H2,1-3H3,(H,34,35). The van der Waals surface area contributed by atoms with Crippen molar-refractivity contribution in [2.24, 2.45) is 0 Å². The van der Waals surface area contributed by atoms with Gasteiger partial charge in [-0.2, -0.15) is 5.26 Å². The minimum absolute atomic E-state index is 0.00373. The summed E-state index contributed by atoms with van der Waals surface area (Å²) in [4.78, 5) is 19.1. The van der Waals surface area contributed by atoms with Crippen molar-refractivity contribution in [2.75, 3.05) is 12.9 Å². The van der Waals surface area contributed by atoms with Crippen LogP contribution in [0.2, 0.25) is 5.02 Å².